The lowest BCUT2D eigenvalue weighted by Gasteiger charge is -2.29. The zero-order chi connectivity index (χ0) is 20.3. The predicted molar refractivity (Wildman–Crippen MR) is 116 cm³/mol. The summed E-state index contributed by atoms with van der Waals surface area (Å²) in [5.74, 6) is 0.461. The summed E-state index contributed by atoms with van der Waals surface area (Å²) in [5.41, 5.74) is 4.95. The standard InChI is InChI=1S/C22H20N8/c23-13-17-12-20-15-26-22(28-30(20)21(17)16-2-1-7-25-14-16)27-18-3-5-19(6-4-18)29-10-8-24-9-11-29/h1-7,12,14-15,24H,8-11H2,(H,27,28). The number of benzene rings is 1. The number of anilines is 3. The van der Waals surface area contributed by atoms with Crippen LogP contribution in [0.25, 0.3) is 16.8 Å². The summed E-state index contributed by atoms with van der Waals surface area (Å²) in [4.78, 5) is 10.9. The van der Waals surface area contributed by atoms with Gasteiger partial charge in [-0.1, -0.05) is 0 Å². The maximum absolute atomic E-state index is 9.56. The summed E-state index contributed by atoms with van der Waals surface area (Å²) >= 11 is 0. The van der Waals surface area contributed by atoms with E-state index in [-0.39, 0.29) is 0 Å². The zero-order valence-corrected chi connectivity index (χ0v) is 16.3. The predicted octanol–water partition coefficient (Wildman–Crippen LogP) is 2.82. The fourth-order valence-corrected chi connectivity index (χ4v) is 3.70. The molecule has 5 rings (SSSR count). The van der Waals surface area contributed by atoms with E-state index in [0.717, 1.165) is 42.9 Å². The van der Waals surface area contributed by atoms with Crippen LogP contribution < -0.4 is 15.5 Å². The molecule has 4 aromatic rings. The van der Waals surface area contributed by atoms with Crippen molar-refractivity contribution in [3.05, 3.63) is 66.6 Å². The molecule has 3 aromatic heterocycles. The quantitative estimate of drug-likeness (QED) is 0.548. The van der Waals surface area contributed by atoms with Gasteiger partial charge in [0.25, 0.3) is 0 Å². The molecule has 8 nitrogen and oxygen atoms in total. The number of hydrogen-bond donors (Lipinski definition) is 2. The lowest BCUT2D eigenvalue weighted by Crippen LogP contribution is -2.43. The van der Waals surface area contributed by atoms with Crippen molar-refractivity contribution in [2.24, 2.45) is 0 Å². The SMILES string of the molecule is N#Cc1cc2cnc(Nc3ccc(N4CCNCC4)cc3)nn2c1-c1cccnc1. The fraction of sp³-hybridized carbons (Fsp3) is 0.182. The van der Waals surface area contributed by atoms with Crippen LogP contribution in [0.2, 0.25) is 0 Å². The van der Waals surface area contributed by atoms with Crippen molar-refractivity contribution in [2.75, 3.05) is 36.4 Å². The van der Waals surface area contributed by atoms with Crippen LogP contribution >= 0.6 is 0 Å². The zero-order valence-electron chi connectivity index (χ0n) is 16.3. The van der Waals surface area contributed by atoms with E-state index in [4.69, 9.17) is 0 Å². The third-order valence-electron chi connectivity index (χ3n) is 5.18. The first-order valence-corrected chi connectivity index (χ1v) is 9.84. The molecule has 0 amide bonds. The Hall–Kier alpha value is -3.96. The van der Waals surface area contributed by atoms with E-state index in [0.29, 0.717) is 17.2 Å². The van der Waals surface area contributed by atoms with Gasteiger partial charge in [-0.2, -0.15) is 5.26 Å². The molecule has 1 aliphatic heterocycles. The number of nitrogens with zero attached hydrogens (tertiary/aromatic N) is 6. The molecule has 8 heteroatoms. The molecule has 1 aromatic carbocycles. The first-order valence-electron chi connectivity index (χ1n) is 9.84. The minimum Gasteiger partial charge on any atom is -0.369 e. The second kappa shape index (κ2) is 7.81. The van der Waals surface area contributed by atoms with Gasteiger partial charge >= 0.3 is 0 Å². The van der Waals surface area contributed by atoms with Crippen molar-refractivity contribution in [1.29, 1.82) is 5.26 Å². The van der Waals surface area contributed by atoms with E-state index in [2.05, 4.69) is 48.8 Å². The summed E-state index contributed by atoms with van der Waals surface area (Å²) in [6, 6.07) is 16.1. The van der Waals surface area contributed by atoms with E-state index in [9.17, 15) is 5.26 Å². The molecule has 4 heterocycles. The molecule has 0 radical (unpaired) electrons. The highest BCUT2D eigenvalue weighted by Gasteiger charge is 2.15. The Bertz CT molecular complexity index is 1200. The first kappa shape index (κ1) is 18.1. The number of nitrogens with one attached hydrogen (secondary N) is 2. The van der Waals surface area contributed by atoms with Gasteiger partial charge < -0.3 is 15.5 Å². The number of aromatic nitrogens is 4. The molecule has 0 unspecified atom stereocenters. The van der Waals surface area contributed by atoms with Crippen molar-refractivity contribution in [3.8, 4) is 17.3 Å². The van der Waals surface area contributed by atoms with Crippen LogP contribution in [0.5, 0.6) is 0 Å². The lowest BCUT2D eigenvalue weighted by atomic mass is 10.1. The molecule has 1 saturated heterocycles. The average molecular weight is 396 g/mol. The second-order valence-corrected chi connectivity index (χ2v) is 7.09. The smallest absolute Gasteiger partial charge is 0.245 e. The molecule has 2 N–H and O–H groups in total. The molecular formula is C22H20N8. The van der Waals surface area contributed by atoms with Gasteiger partial charge in [-0.25, -0.2) is 9.50 Å². The van der Waals surface area contributed by atoms with Gasteiger partial charge in [0.15, 0.2) is 0 Å². The van der Waals surface area contributed by atoms with Gasteiger partial charge in [0.2, 0.25) is 5.95 Å². The Morgan fingerprint density at radius 1 is 1.07 bits per heavy atom. The number of piperazine rings is 1. The topological polar surface area (TPSA) is 94.2 Å². The maximum atomic E-state index is 9.56. The lowest BCUT2D eigenvalue weighted by molar-refractivity contribution is 0.589. The molecule has 30 heavy (non-hydrogen) atoms. The third kappa shape index (κ3) is 3.43. The van der Waals surface area contributed by atoms with Crippen LogP contribution in [0.1, 0.15) is 5.56 Å². The fourth-order valence-electron chi connectivity index (χ4n) is 3.70. The minimum atomic E-state index is 0.461. The van der Waals surface area contributed by atoms with Gasteiger partial charge in [0, 0.05) is 55.5 Å². The van der Waals surface area contributed by atoms with Crippen LogP contribution in [0.3, 0.4) is 0 Å². The van der Waals surface area contributed by atoms with Crippen molar-refractivity contribution in [2.45, 2.75) is 0 Å². The molecule has 0 spiro atoms. The Kier molecular flexibility index (Phi) is 4.71. The Labute approximate surface area is 173 Å². The van der Waals surface area contributed by atoms with Crippen molar-refractivity contribution < 1.29 is 0 Å². The molecular weight excluding hydrogens is 376 g/mol. The highest BCUT2D eigenvalue weighted by molar-refractivity contribution is 5.73. The van der Waals surface area contributed by atoms with E-state index in [1.807, 2.05) is 24.3 Å². The highest BCUT2D eigenvalue weighted by Crippen LogP contribution is 2.26. The number of nitriles is 1. The number of rotatable bonds is 4. The molecule has 1 fully saturated rings. The van der Waals surface area contributed by atoms with Crippen LogP contribution in [-0.4, -0.2) is 45.8 Å². The Balaban J connectivity index is 1.45. The highest BCUT2D eigenvalue weighted by atomic mass is 15.3. The summed E-state index contributed by atoms with van der Waals surface area (Å²) < 4.78 is 1.74. The van der Waals surface area contributed by atoms with E-state index in [1.54, 1.807) is 29.2 Å². The Morgan fingerprint density at radius 3 is 2.63 bits per heavy atom. The molecule has 0 bridgehead atoms. The first-order chi connectivity index (χ1) is 14.8. The molecule has 0 atom stereocenters. The van der Waals surface area contributed by atoms with Gasteiger partial charge in [-0.3, -0.25) is 4.98 Å². The minimum absolute atomic E-state index is 0.461. The normalized spacial score (nSPS) is 13.9. The van der Waals surface area contributed by atoms with E-state index in [1.165, 1.54) is 5.69 Å². The monoisotopic (exact) mass is 396 g/mol. The number of pyridine rings is 1. The summed E-state index contributed by atoms with van der Waals surface area (Å²) in [6.45, 7) is 4.04. The van der Waals surface area contributed by atoms with Gasteiger partial charge in [-0.05, 0) is 42.5 Å². The van der Waals surface area contributed by atoms with Crippen molar-refractivity contribution >= 4 is 22.8 Å². The van der Waals surface area contributed by atoms with Crippen molar-refractivity contribution in [1.82, 2.24) is 24.9 Å². The van der Waals surface area contributed by atoms with Gasteiger partial charge in [0.05, 0.1) is 23.0 Å². The number of fused-ring (bicyclic) bond motifs is 1. The summed E-state index contributed by atoms with van der Waals surface area (Å²) in [5, 5.41) is 20.8. The van der Waals surface area contributed by atoms with Crippen LogP contribution in [0.4, 0.5) is 17.3 Å². The number of hydrogen-bond acceptors (Lipinski definition) is 7. The van der Waals surface area contributed by atoms with E-state index < -0.39 is 0 Å². The van der Waals surface area contributed by atoms with Crippen molar-refractivity contribution in [3.63, 3.8) is 0 Å². The third-order valence-corrected chi connectivity index (χ3v) is 5.18. The summed E-state index contributed by atoms with van der Waals surface area (Å²) in [6.07, 6.45) is 5.15. The van der Waals surface area contributed by atoms with Crippen LogP contribution in [0, 0.1) is 11.3 Å². The van der Waals surface area contributed by atoms with E-state index >= 15 is 0 Å². The van der Waals surface area contributed by atoms with Crippen LogP contribution in [-0.2, 0) is 0 Å². The second-order valence-electron chi connectivity index (χ2n) is 7.09. The maximum Gasteiger partial charge on any atom is 0.245 e. The largest absolute Gasteiger partial charge is 0.369 e. The van der Waals surface area contributed by atoms with Crippen LogP contribution in [0.15, 0.2) is 61.1 Å². The Morgan fingerprint density at radius 2 is 1.90 bits per heavy atom. The average Bonchev–Trinajstić information content (AvgIpc) is 3.19. The van der Waals surface area contributed by atoms with Gasteiger partial charge in [-0.15, -0.1) is 5.10 Å². The summed E-state index contributed by atoms with van der Waals surface area (Å²) in [7, 11) is 0. The van der Waals surface area contributed by atoms with Gasteiger partial charge in [0.1, 0.15) is 6.07 Å². The molecule has 1 aliphatic rings. The molecule has 0 aliphatic carbocycles. The molecule has 0 saturated carbocycles. The molecule has 148 valence electrons.